The van der Waals surface area contributed by atoms with Crippen molar-refractivity contribution in [3.8, 4) is 16.9 Å². The number of nitrogens with zero attached hydrogens (tertiary/aromatic N) is 1. The Morgan fingerprint density at radius 3 is 2.33 bits per heavy atom. The molecule has 0 aliphatic carbocycles. The van der Waals surface area contributed by atoms with Crippen LogP contribution in [0.3, 0.4) is 0 Å². The Morgan fingerprint density at radius 2 is 1.57 bits per heavy atom. The summed E-state index contributed by atoms with van der Waals surface area (Å²) in [5, 5.41) is 0. The van der Waals surface area contributed by atoms with Gasteiger partial charge in [0.05, 0.1) is 6.54 Å². The van der Waals surface area contributed by atoms with Crippen molar-refractivity contribution in [1.82, 2.24) is 4.57 Å². The first-order valence-corrected chi connectivity index (χ1v) is 10.3. The third-order valence-electron chi connectivity index (χ3n) is 4.82. The average Bonchev–Trinajstić information content (AvgIpc) is 2.78. The van der Waals surface area contributed by atoms with Gasteiger partial charge in [-0.25, -0.2) is 4.39 Å². The predicted octanol–water partition coefficient (Wildman–Crippen LogP) is 6.04. The van der Waals surface area contributed by atoms with Gasteiger partial charge in [-0.1, -0.05) is 66.7 Å². The van der Waals surface area contributed by atoms with Crippen LogP contribution in [0.15, 0.2) is 100 Å². The minimum Gasteiger partial charge on any atom is -0.487 e. The lowest BCUT2D eigenvalue weighted by atomic mass is 10.00. The third-order valence-corrected chi connectivity index (χ3v) is 5.55. The maximum atomic E-state index is 13.0. The van der Waals surface area contributed by atoms with Crippen LogP contribution in [0.5, 0.6) is 5.75 Å². The fourth-order valence-corrected chi connectivity index (χ4v) is 3.72. The summed E-state index contributed by atoms with van der Waals surface area (Å²) >= 11 is 3.37. The lowest BCUT2D eigenvalue weighted by Crippen LogP contribution is -2.21. The first kappa shape index (κ1) is 20.1. The van der Waals surface area contributed by atoms with Gasteiger partial charge in [0.15, 0.2) is 0 Å². The first-order valence-electron chi connectivity index (χ1n) is 9.51. The summed E-state index contributed by atoms with van der Waals surface area (Å²) in [7, 11) is 0. The second-order valence-electron chi connectivity index (χ2n) is 6.87. The molecule has 0 N–H and O–H groups in total. The number of pyridine rings is 1. The van der Waals surface area contributed by atoms with Gasteiger partial charge in [-0.05, 0) is 56.4 Å². The van der Waals surface area contributed by atoms with E-state index >= 15 is 0 Å². The lowest BCUT2D eigenvalue weighted by Gasteiger charge is -2.14. The molecular weight excluding hydrogens is 445 g/mol. The molecular formula is C25H19BrFNO2. The monoisotopic (exact) mass is 463 g/mol. The zero-order chi connectivity index (χ0) is 20.9. The molecule has 0 atom stereocenters. The highest BCUT2D eigenvalue weighted by atomic mass is 79.9. The van der Waals surface area contributed by atoms with Gasteiger partial charge in [0.2, 0.25) is 0 Å². The standard InChI is InChI=1S/C25H19BrFNO2/c26-24-23(30-17-18-10-12-21(27)13-11-18)14-15-28(25(24)29)16-20-8-4-5-9-22(20)19-6-2-1-3-7-19/h1-15H,16-17H2. The summed E-state index contributed by atoms with van der Waals surface area (Å²) in [4.78, 5) is 12.9. The molecule has 0 radical (unpaired) electrons. The van der Waals surface area contributed by atoms with Crippen LogP contribution in [-0.4, -0.2) is 4.57 Å². The van der Waals surface area contributed by atoms with Crippen LogP contribution in [0, 0.1) is 5.82 Å². The number of rotatable bonds is 6. The molecule has 5 heteroatoms. The third kappa shape index (κ3) is 4.52. The van der Waals surface area contributed by atoms with Gasteiger partial charge < -0.3 is 9.30 Å². The van der Waals surface area contributed by atoms with Gasteiger partial charge in [0.1, 0.15) is 22.6 Å². The quantitative estimate of drug-likeness (QED) is 0.348. The lowest BCUT2D eigenvalue weighted by molar-refractivity contribution is 0.302. The SMILES string of the molecule is O=c1c(Br)c(OCc2ccc(F)cc2)ccn1Cc1ccccc1-c1ccccc1. The van der Waals surface area contributed by atoms with Crippen LogP contribution in [0.4, 0.5) is 4.39 Å². The second kappa shape index (κ2) is 9.09. The normalized spacial score (nSPS) is 10.7. The van der Waals surface area contributed by atoms with Gasteiger partial charge in [-0.15, -0.1) is 0 Å². The molecule has 30 heavy (non-hydrogen) atoms. The Bertz CT molecular complexity index is 1200. The molecule has 0 saturated carbocycles. The van der Waals surface area contributed by atoms with Crippen LogP contribution in [0.2, 0.25) is 0 Å². The van der Waals surface area contributed by atoms with Crippen molar-refractivity contribution in [3.05, 3.63) is 123 Å². The average molecular weight is 464 g/mol. The van der Waals surface area contributed by atoms with Gasteiger partial charge in [-0.2, -0.15) is 0 Å². The molecule has 0 aliphatic heterocycles. The summed E-state index contributed by atoms with van der Waals surface area (Å²) in [6.45, 7) is 0.694. The fraction of sp³-hybridized carbons (Fsp3) is 0.0800. The van der Waals surface area contributed by atoms with Gasteiger partial charge in [0.25, 0.3) is 5.56 Å². The highest BCUT2D eigenvalue weighted by Gasteiger charge is 2.11. The predicted molar refractivity (Wildman–Crippen MR) is 120 cm³/mol. The fourth-order valence-electron chi connectivity index (χ4n) is 3.25. The highest BCUT2D eigenvalue weighted by molar-refractivity contribution is 9.10. The van der Waals surface area contributed by atoms with E-state index in [1.54, 1.807) is 29.0 Å². The number of aromatic nitrogens is 1. The molecule has 0 fully saturated rings. The number of hydrogen-bond acceptors (Lipinski definition) is 2. The molecule has 150 valence electrons. The van der Waals surface area contributed by atoms with E-state index < -0.39 is 0 Å². The maximum absolute atomic E-state index is 13.0. The van der Waals surface area contributed by atoms with Crippen molar-refractivity contribution >= 4 is 15.9 Å². The number of hydrogen-bond donors (Lipinski definition) is 0. The number of halogens is 2. The number of benzene rings is 3. The van der Waals surface area contributed by atoms with Crippen LogP contribution in [-0.2, 0) is 13.2 Å². The van der Waals surface area contributed by atoms with E-state index in [1.807, 2.05) is 36.4 Å². The van der Waals surface area contributed by atoms with Crippen molar-refractivity contribution in [2.45, 2.75) is 13.2 Å². The molecule has 1 heterocycles. The summed E-state index contributed by atoms with van der Waals surface area (Å²) in [5.74, 6) is 0.162. The Hall–Kier alpha value is -3.18. The van der Waals surface area contributed by atoms with Crippen LogP contribution in [0.25, 0.3) is 11.1 Å². The van der Waals surface area contributed by atoms with Crippen molar-refractivity contribution in [2.75, 3.05) is 0 Å². The van der Waals surface area contributed by atoms with Gasteiger partial charge in [-0.3, -0.25) is 4.79 Å². The topological polar surface area (TPSA) is 31.2 Å². The van der Waals surface area contributed by atoms with Gasteiger partial charge in [0, 0.05) is 6.20 Å². The summed E-state index contributed by atoms with van der Waals surface area (Å²) in [6.07, 6.45) is 1.73. The summed E-state index contributed by atoms with van der Waals surface area (Å²) in [5.41, 5.74) is 3.91. The molecule has 1 aromatic heterocycles. The van der Waals surface area contributed by atoms with Gasteiger partial charge >= 0.3 is 0 Å². The van der Waals surface area contributed by atoms with Crippen molar-refractivity contribution < 1.29 is 9.13 Å². The highest BCUT2D eigenvalue weighted by Crippen LogP contribution is 2.25. The molecule has 4 rings (SSSR count). The smallest absolute Gasteiger partial charge is 0.268 e. The van der Waals surface area contributed by atoms with E-state index in [-0.39, 0.29) is 18.0 Å². The molecule has 0 bridgehead atoms. The molecule has 0 saturated heterocycles. The zero-order valence-corrected chi connectivity index (χ0v) is 17.7. The molecule has 4 aromatic rings. The molecule has 0 amide bonds. The molecule has 0 aliphatic rings. The second-order valence-corrected chi connectivity index (χ2v) is 7.66. The zero-order valence-electron chi connectivity index (χ0n) is 16.1. The van der Waals surface area contributed by atoms with Crippen molar-refractivity contribution in [1.29, 1.82) is 0 Å². The summed E-state index contributed by atoms with van der Waals surface area (Å²) in [6, 6.07) is 26.0. The minimum absolute atomic E-state index is 0.172. The maximum Gasteiger partial charge on any atom is 0.268 e. The first-order chi connectivity index (χ1) is 14.6. The van der Waals surface area contributed by atoms with Crippen LogP contribution < -0.4 is 10.3 Å². The van der Waals surface area contributed by atoms with E-state index in [2.05, 4.69) is 34.1 Å². The number of ether oxygens (including phenoxy) is 1. The molecule has 0 unspecified atom stereocenters. The molecule has 0 spiro atoms. The Balaban J connectivity index is 1.56. The largest absolute Gasteiger partial charge is 0.487 e. The Labute approximate surface area is 182 Å². The Morgan fingerprint density at radius 1 is 0.867 bits per heavy atom. The van der Waals surface area contributed by atoms with E-state index in [1.165, 1.54) is 12.1 Å². The van der Waals surface area contributed by atoms with E-state index in [0.717, 1.165) is 22.3 Å². The van der Waals surface area contributed by atoms with E-state index in [9.17, 15) is 9.18 Å². The van der Waals surface area contributed by atoms with E-state index in [0.29, 0.717) is 16.8 Å². The van der Waals surface area contributed by atoms with E-state index in [4.69, 9.17) is 4.74 Å². The summed E-state index contributed by atoms with van der Waals surface area (Å²) < 4.78 is 20.8. The Kier molecular flexibility index (Phi) is 6.10. The molecule has 3 nitrogen and oxygen atoms in total. The van der Waals surface area contributed by atoms with Crippen LogP contribution >= 0.6 is 15.9 Å². The van der Waals surface area contributed by atoms with Crippen molar-refractivity contribution in [3.63, 3.8) is 0 Å². The van der Waals surface area contributed by atoms with Crippen molar-refractivity contribution in [2.24, 2.45) is 0 Å². The minimum atomic E-state index is -0.293. The van der Waals surface area contributed by atoms with Crippen LogP contribution in [0.1, 0.15) is 11.1 Å². The molecule has 3 aromatic carbocycles.